The predicted octanol–water partition coefficient (Wildman–Crippen LogP) is 0.900. The molecule has 1 unspecified atom stereocenters. The number of sulfonamides is 1. The Bertz CT molecular complexity index is 439. The highest BCUT2D eigenvalue weighted by Crippen LogP contribution is 2.23. The summed E-state index contributed by atoms with van der Waals surface area (Å²) in [5, 5.41) is 3.14. The Balaban J connectivity index is 2.12. The number of piperidine rings is 1. The van der Waals surface area contributed by atoms with Crippen LogP contribution in [0, 0.1) is 5.92 Å². The van der Waals surface area contributed by atoms with E-state index in [1.807, 2.05) is 7.05 Å². The Kier molecular flexibility index (Phi) is 3.86. The van der Waals surface area contributed by atoms with Crippen LogP contribution in [-0.4, -0.2) is 39.4 Å². The second kappa shape index (κ2) is 5.20. The summed E-state index contributed by atoms with van der Waals surface area (Å²) in [6, 6.07) is 3.10. The van der Waals surface area contributed by atoms with Crippen LogP contribution in [0.3, 0.4) is 0 Å². The molecule has 1 saturated heterocycles. The van der Waals surface area contributed by atoms with Crippen molar-refractivity contribution in [2.75, 3.05) is 26.7 Å². The van der Waals surface area contributed by atoms with Crippen LogP contribution in [0.4, 0.5) is 0 Å². The minimum atomic E-state index is -3.43. The zero-order valence-corrected chi connectivity index (χ0v) is 10.7. The van der Waals surface area contributed by atoms with E-state index in [0.29, 0.717) is 19.0 Å². The van der Waals surface area contributed by atoms with Gasteiger partial charge in [0.15, 0.2) is 0 Å². The molecule has 0 aliphatic carbocycles. The van der Waals surface area contributed by atoms with Crippen LogP contribution >= 0.6 is 0 Å². The number of furan rings is 1. The maximum absolute atomic E-state index is 12.2. The van der Waals surface area contributed by atoms with Gasteiger partial charge in [0, 0.05) is 13.1 Å². The van der Waals surface area contributed by atoms with Gasteiger partial charge in [-0.05, 0) is 44.5 Å². The predicted molar refractivity (Wildman–Crippen MR) is 64.1 cm³/mol. The first kappa shape index (κ1) is 12.6. The fourth-order valence-corrected chi connectivity index (χ4v) is 3.70. The molecule has 0 radical (unpaired) electrons. The van der Waals surface area contributed by atoms with Crippen LogP contribution in [0.15, 0.2) is 27.9 Å². The molecule has 0 saturated carbocycles. The van der Waals surface area contributed by atoms with E-state index in [1.54, 1.807) is 6.07 Å². The molecule has 1 atom stereocenters. The monoisotopic (exact) mass is 258 g/mol. The van der Waals surface area contributed by atoms with Crippen molar-refractivity contribution in [3.63, 3.8) is 0 Å². The van der Waals surface area contributed by atoms with Crippen molar-refractivity contribution in [3.05, 3.63) is 18.4 Å². The van der Waals surface area contributed by atoms with Gasteiger partial charge in [0.05, 0.1) is 6.26 Å². The molecule has 2 heterocycles. The summed E-state index contributed by atoms with van der Waals surface area (Å²) >= 11 is 0. The number of hydrogen-bond donors (Lipinski definition) is 1. The molecule has 17 heavy (non-hydrogen) atoms. The molecule has 5 nitrogen and oxygen atoms in total. The quantitative estimate of drug-likeness (QED) is 0.871. The van der Waals surface area contributed by atoms with E-state index in [4.69, 9.17) is 4.42 Å². The molecule has 0 bridgehead atoms. The van der Waals surface area contributed by atoms with Crippen molar-refractivity contribution in [1.29, 1.82) is 0 Å². The van der Waals surface area contributed by atoms with Crippen LogP contribution < -0.4 is 5.32 Å². The molecule has 96 valence electrons. The highest BCUT2D eigenvalue weighted by molar-refractivity contribution is 7.89. The van der Waals surface area contributed by atoms with Crippen molar-refractivity contribution >= 4 is 10.0 Å². The van der Waals surface area contributed by atoms with Crippen molar-refractivity contribution in [2.45, 2.75) is 17.9 Å². The number of nitrogens with one attached hydrogen (secondary N) is 1. The first-order valence-corrected chi connectivity index (χ1v) is 7.27. The molecule has 1 aromatic rings. The summed E-state index contributed by atoms with van der Waals surface area (Å²) in [6.45, 7) is 2.01. The Morgan fingerprint density at radius 3 is 3.06 bits per heavy atom. The minimum absolute atomic E-state index is 0.0441. The van der Waals surface area contributed by atoms with E-state index in [-0.39, 0.29) is 5.09 Å². The van der Waals surface area contributed by atoms with Gasteiger partial charge in [-0.3, -0.25) is 0 Å². The standard InChI is InChI=1S/C11H18N2O3S/c1-12-8-10-4-2-6-13(9-10)17(14,15)11-5-3-7-16-11/h3,5,7,10,12H,2,4,6,8-9H2,1H3. The fourth-order valence-electron chi connectivity index (χ4n) is 2.24. The molecule has 0 amide bonds. The maximum Gasteiger partial charge on any atom is 0.276 e. The van der Waals surface area contributed by atoms with Gasteiger partial charge in [0.2, 0.25) is 5.09 Å². The van der Waals surface area contributed by atoms with Gasteiger partial charge in [-0.25, -0.2) is 8.42 Å². The van der Waals surface area contributed by atoms with Crippen molar-refractivity contribution in [3.8, 4) is 0 Å². The third-order valence-corrected chi connectivity index (χ3v) is 4.82. The Morgan fingerprint density at radius 1 is 1.59 bits per heavy atom. The van der Waals surface area contributed by atoms with E-state index < -0.39 is 10.0 Å². The summed E-state index contributed by atoms with van der Waals surface area (Å²) in [6.07, 6.45) is 3.37. The summed E-state index contributed by atoms with van der Waals surface area (Å²) in [4.78, 5) is 0. The van der Waals surface area contributed by atoms with E-state index in [1.165, 1.54) is 16.6 Å². The molecule has 1 aliphatic heterocycles. The lowest BCUT2D eigenvalue weighted by atomic mass is 10.00. The molecule has 0 aromatic carbocycles. The lowest BCUT2D eigenvalue weighted by Crippen LogP contribution is -2.42. The molecular weight excluding hydrogens is 240 g/mol. The van der Waals surface area contributed by atoms with Gasteiger partial charge in [0.25, 0.3) is 10.0 Å². The Hall–Kier alpha value is -0.850. The molecule has 2 rings (SSSR count). The summed E-state index contributed by atoms with van der Waals surface area (Å²) in [5.41, 5.74) is 0. The maximum atomic E-state index is 12.2. The third kappa shape index (κ3) is 2.70. The SMILES string of the molecule is CNCC1CCCN(S(=O)(=O)c2ccco2)C1. The van der Waals surface area contributed by atoms with Crippen LogP contribution in [-0.2, 0) is 10.0 Å². The van der Waals surface area contributed by atoms with Crippen LogP contribution in [0.25, 0.3) is 0 Å². The summed E-state index contributed by atoms with van der Waals surface area (Å²) in [7, 11) is -1.54. The zero-order chi connectivity index (χ0) is 12.3. The normalized spacial score (nSPS) is 22.8. The van der Waals surface area contributed by atoms with E-state index in [2.05, 4.69) is 5.32 Å². The first-order chi connectivity index (χ1) is 8.14. The molecule has 1 aliphatic rings. The van der Waals surface area contributed by atoms with Gasteiger partial charge in [-0.2, -0.15) is 4.31 Å². The van der Waals surface area contributed by atoms with Gasteiger partial charge < -0.3 is 9.73 Å². The van der Waals surface area contributed by atoms with Crippen LogP contribution in [0.5, 0.6) is 0 Å². The zero-order valence-electron chi connectivity index (χ0n) is 9.93. The highest BCUT2D eigenvalue weighted by atomic mass is 32.2. The third-order valence-electron chi connectivity index (χ3n) is 3.06. The lowest BCUT2D eigenvalue weighted by Gasteiger charge is -2.31. The molecule has 6 heteroatoms. The van der Waals surface area contributed by atoms with E-state index in [0.717, 1.165) is 19.4 Å². The second-order valence-corrected chi connectivity index (χ2v) is 6.23. The summed E-state index contributed by atoms with van der Waals surface area (Å²) in [5.74, 6) is 0.387. The van der Waals surface area contributed by atoms with Gasteiger partial charge in [-0.1, -0.05) is 0 Å². The largest absolute Gasteiger partial charge is 0.452 e. The molecular formula is C11H18N2O3S. The topological polar surface area (TPSA) is 62.6 Å². The average Bonchev–Trinajstić information content (AvgIpc) is 2.84. The van der Waals surface area contributed by atoms with Gasteiger partial charge >= 0.3 is 0 Å². The number of nitrogens with zero attached hydrogens (tertiary/aromatic N) is 1. The van der Waals surface area contributed by atoms with Crippen LogP contribution in [0.2, 0.25) is 0 Å². The van der Waals surface area contributed by atoms with Crippen molar-refractivity contribution in [1.82, 2.24) is 9.62 Å². The first-order valence-electron chi connectivity index (χ1n) is 5.83. The summed E-state index contributed by atoms with van der Waals surface area (Å²) < 4.78 is 30.9. The molecule has 1 aromatic heterocycles. The van der Waals surface area contributed by atoms with Crippen molar-refractivity contribution < 1.29 is 12.8 Å². The molecule has 1 N–H and O–H groups in total. The molecule has 0 spiro atoms. The lowest BCUT2D eigenvalue weighted by molar-refractivity contribution is 0.258. The van der Waals surface area contributed by atoms with E-state index >= 15 is 0 Å². The number of hydrogen-bond acceptors (Lipinski definition) is 4. The van der Waals surface area contributed by atoms with Crippen LogP contribution in [0.1, 0.15) is 12.8 Å². The van der Waals surface area contributed by atoms with E-state index in [9.17, 15) is 8.42 Å². The minimum Gasteiger partial charge on any atom is -0.452 e. The Morgan fingerprint density at radius 2 is 2.41 bits per heavy atom. The number of rotatable bonds is 4. The molecule has 1 fully saturated rings. The van der Waals surface area contributed by atoms with Crippen molar-refractivity contribution in [2.24, 2.45) is 5.92 Å². The average molecular weight is 258 g/mol. The Labute approximate surface area is 102 Å². The van der Waals surface area contributed by atoms with Gasteiger partial charge in [0.1, 0.15) is 0 Å². The van der Waals surface area contributed by atoms with Gasteiger partial charge in [-0.15, -0.1) is 0 Å². The second-order valence-electron chi connectivity index (χ2n) is 4.36. The fraction of sp³-hybridized carbons (Fsp3) is 0.636. The smallest absolute Gasteiger partial charge is 0.276 e. The highest BCUT2D eigenvalue weighted by Gasteiger charge is 2.31.